The van der Waals surface area contributed by atoms with Crippen LogP contribution >= 0.6 is 0 Å². The Morgan fingerprint density at radius 1 is 1.27 bits per heavy atom. The summed E-state index contributed by atoms with van der Waals surface area (Å²) in [4.78, 5) is 15.4. The van der Waals surface area contributed by atoms with Gasteiger partial charge in [-0.2, -0.15) is 4.98 Å². The first-order valence-electron chi connectivity index (χ1n) is 6.46. The van der Waals surface area contributed by atoms with Crippen LogP contribution in [0.15, 0.2) is 46.2 Å². The van der Waals surface area contributed by atoms with Crippen LogP contribution in [0.1, 0.15) is 6.92 Å². The summed E-state index contributed by atoms with van der Waals surface area (Å²) >= 11 is 0. The molecule has 0 aliphatic heterocycles. The van der Waals surface area contributed by atoms with Crippen molar-refractivity contribution in [1.29, 1.82) is 0 Å². The summed E-state index contributed by atoms with van der Waals surface area (Å²) in [5.41, 5.74) is 5.36. The van der Waals surface area contributed by atoms with Gasteiger partial charge in [-0.25, -0.2) is 13.2 Å². The smallest absolute Gasteiger partial charge is 0.351 e. The third-order valence-corrected chi connectivity index (χ3v) is 4.11. The molecule has 1 heterocycles. The van der Waals surface area contributed by atoms with Crippen molar-refractivity contribution in [3.8, 4) is 0 Å². The van der Waals surface area contributed by atoms with E-state index in [2.05, 4.69) is 9.71 Å². The highest BCUT2D eigenvalue weighted by molar-refractivity contribution is 7.92. The normalized spacial score (nSPS) is 11.3. The van der Waals surface area contributed by atoms with Crippen LogP contribution in [0.25, 0.3) is 0 Å². The first-order valence-corrected chi connectivity index (χ1v) is 7.94. The zero-order valence-corrected chi connectivity index (χ0v) is 12.7. The molecular weight excluding hydrogens is 308 g/mol. The number of anilines is 2. The Morgan fingerprint density at radius 2 is 1.95 bits per heavy atom. The minimum Gasteiger partial charge on any atom is -0.399 e. The summed E-state index contributed by atoms with van der Waals surface area (Å²) in [6.45, 7) is 2.32. The highest BCUT2D eigenvalue weighted by Gasteiger charge is 2.15. The molecule has 0 aliphatic carbocycles. The molecule has 22 heavy (non-hydrogen) atoms. The van der Waals surface area contributed by atoms with E-state index in [9.17, 15) is 13.2 Å². The molecular formula is C13H16N4O4S. The number of sulfonamides is 1. The number of nitrogens with zero attached hydrogens (tertiary/aromatic N) is 2. The Balaban J connectivity index is 2.21. The monoisotopic (exact) mass is 324 g/mol. The molecule has 0 radical (unpaired) electrons. The van der Waals surface area contributed by atoms with Gasteiger partial charge in [-0.15, -0.1) is 0 Å². The van der Waals surface area contributed by atoms with Gasteiger partial charge in [0.2, 0.25) is 0 Å². The van der Waals surface area contributed by atoms with Crippen molar-refractivity contribution in [2.75, 3.05) is 17.1 Å². The second-order valence-electron chi connectivity index (χ2n) is 4.36. The predicted octanol–water partition coefficient (Wildman–Crippen LogP) is 0.620. The van der Waals surface area contributed by atoms with E-state index in [0.717, 1.165) is 0 Å². The Kier molecular flexibility index (Phi) is 4.78. The summed E-state index contributed by atoms with van der Waals surface area (Å²) in [7, 11) is -3.82. The van der Waals surface area contributed by atoms with Crippen molar-refractivity contribution in [3.63, 3.8) is 0 Å². The fourth-order valence-corrected chi connectivity index (χ4v) is 2.62. The number of nitrogen functional groups attached to an aromatic ring is 1. The highest BCUT2D eigenvalue weighted by Crippen LogP contribution is 2.14. The lowest BCUT2D eigenvalue weighted by atomic mass is 10.3. The van der Waals surface area contributed by atoms with E-state index in [0.29, 0.717) is 12.3 Å². The van der Waals surface area contributed by atoms with Gasteiger partial charge >= 0.3 is 5.69 Å². The number of nitrogens with one attached hydrogen (secondary N) is 1. The van der Waals surface area contributed by atoms with E-state index < -0.39 is 15.7 Å². The van der Waals surface area contributed by atoms with Crippen LogP contribution in [-0.4, -0.2) is 24.6 Å². The lowest BCUT2D eigenvalue weighted by molar-refractivity contribution is 0.0844. The van der Waals surface area contributed by atoms with Crippen LogP contribution in [0, 0.1) is 0 Å². The topological polar surface area (TPSA) is 116 Å². The van der Waals surface area contributed by atoms with Crippen molar-refractivity contribution < 1.29 is 13.2 Å². The van der Waals surface area contributed by atoms with E-state index in [-0.39, 0.29) is 17.4 Å². The molecule has 3 N–H and O–H groups in total. The zero-order valence-electron chi connectivity index (χ0n) is 11.9. The summed E-state index contributed by atoms with van der Waals surface area (Å²) in [5, 5.41) is 0. The number of benzene rings is 1. The number of ether oxygens (including phenoxy) is 1. The lowest BCUT2D eigenvalue weighted by Gasteiger charge is -2.09. The van der Waals surface area contributed by atoms with Crippen LogP contribution in [0.5, 0.6) is 0 Å². The molecule has 0 aliphatic rings. The molecule has 0 bridgehead atoms. The molecule has 0 saturated carbocycles. The third kappa shape index (κ3) is 3.83. The van der Waals surface area contributed by atoms with Crippen molar-refractivity contribution in [3.05, 3.63) is 47.0 Å². The molecule has 118 valence electrons. The Labute approximate surface area is 127 Å². The van der Waals surface area contributed by atoms with E-state index in [1.807, 2.05) is 0 Å². The molecule has 1 aromatic carbocycles. The first kappa shape index (κ1) is 16.0. The van der Waals surface area contributed by atoms with E-state index >= 15 is 0 Å². The number of nitrogens with two attached hydrogens (primary N) is 1. The van der Waals surface area contributed by atoms with Gasteiger partial charge in [0, 0.05) is 18.5 Å². The molecule has 0 amide bonds. The zero-order chi connectivity index (χ0) is 16.2. The molecule has 2 aromatic rings. The van der Waals surface area contributed by atoms with Gasteiger partial charge in [-0.05, 0) is 37.3 Å². The summed E-state index contributed by atoms with van der Waals surface area (Å²) in [5.74, 6) is -0.0606. The first-order chi connectivity index (χ1) is 10.4. The van der Waals surface area contributed by atoms with E-state index in [4.69, 9.17) is 10.5 Å². The van der Waals surface area contributed by atoms with Gasteiger partial charge in [-0.3, -0.25) is 9.29 Å². The molecule has 0 atom stereocenters. The lowest BCUT2D eigenvalue weighted by Crippen LogP contribution is -2.25. The SMILES string of the molecule is CCOCn1ccc(NS(=O)(=O)c2ccc(N)cc2)nc1=O. The van der Waals surface area contributed by atoms with E-state index in [1.165, 1.54) is 41.1 Å². The number of rotatable bonds is 6. The Bertz CT molecular complexity index is 800. The maximum atomic E-state index is 12.2. The minimum absolute atomic E-state index is 0.0296. The maximum absolute atomic E-state index is 12.2. The largest absolute Gasteiger partial charge is 0.399 e. The molecule has 0 saturated heterocycles. The van der Waals surface area contributed by atoms with Crippen LogP contribution in [0.2, 0.25) is 0 Å². The van der Waals surface area contributed by atoms with Crippen LogP contribution in [-0.2, 0) is 21.5 Å². The summed E-state index contributed by atoms with van der Waals surface area (Å²) in [6, 6.07) is 7.07. The number of hydrogen-bond donors (Lipinski definition) is 2. The standard InChI is InChI=1S/C13H16N4O4S/c1-2-21-9-17-8-7-12(15-13(17)18)16-22(19,20)11-5-3-10(14)4-6-11/h3-8H,2,9,14H2,1H3,(H,15,16,18). The van der Waals surface area contributed by atoms with Crippen LogP contribution in [0.3, 0.4) is 0 Å². The van der Waals surface area contributed by atoms with Gasteiger partial charge in [0.25, 0.3) is 10.0 Å². The Morgan fingerprint density at radius 3 is 2.55 bits per heavy atom. The van der Waals surface area contributed by atoms with Gasteiger partial charge in [0.05, 0.1) is 4.90 Å². The second-order valence-corrected chi connectivity index (χ2v) is 6.04. The second kappa shape index (κ2) is 6.58. The fourth-order valence-electron chi connectivity index (χ4n) is 1.62. The van der Waals surface area contributed by atoms with E-state index in [1.54, 1.807) is 6.92 Å². The molecule has 0 unspecified atom stereocenters. The minimum atomic E-state index is -3.82. The summed E-state index contributed by atoms with van der Waals surface area (Å²) < 4.78 is 32.9. The quantitative estimate of drug-likeness (QED) is 0.752. The molecule has 0 fully saturated rings. The molecule has 1 aromatic heterocycles. The van der Waals surface area contributed by atoms with Crippen molar-refractivity contribution in [2.45, 2.75) is 18.6 Å². The van der Waals surface area contributed by atoms with Crippen molar-refractivity contribution >= 4 is 21.5 Å². The molecule has 0 spiro atoms. The Hall–Kier alpha value is -2.39. The van der Waals surface area contributed by atoms with Crippen molar-refractivity contribution in [1.82, 2.24) is 9.55 Å². The van der Waals surface area contributed by atoms with Gasteiger partial charge < -0.3 is 10.5 Å². The number of hydrogen-bond acceptors (Lipinski definition) is 6. The maximum Gasteiger partial charge on any atom is 0.351 e. The number of aromatic nitrogens is 2. The van der Waals surface area contributed by atoms with Gasteiger partial charge in [0.15, 0.2) is 0 Å². The average Bonchev–Trinajstić information content (AvgIpc) is 2.46. The molecule has 8 nitrogen and oxygen atoms in total. The van der Waals surface area contributed by atoms with Crippen molar-refractivity contribution in [2.24, 2.45) is 0 Å². The van der Waals surface area contributed by atoms with Gasteiger partial charge in [-0.1, -0.05) is 0 Å². The summed E-state index contributed by atoms with van der Waals surface area (Å²) in [6.07, 6.45) is 1.41. The fraction of sp³-hybridized carbons (Fsp3) is 0.231. The highest BCUT2D eigenvalue weighted by atomic mass is 32.2. The molecule has 2 rings (SSSR count). The van der Waals surface area contributed by atoms with Crippen LogP contribution in [0.4, 0.5) is 11.5 Å². The predicted molar refractivity (Wildman–Crippen MR) is 81.8 cm³/mol. The van der Waals surface area contributed by atoms with Crippen LogP contribution < -0.4 is 16.1 Å². The average molecular weight is 324 g/mol. The molecule has 9 heteroatoms. The van der Waals surface area contributed by atoms with Gasteiger partial charge in [0.1, 0.15) is 12.5 Å². The third-order valence-electron chi connectivity index (χ3n) is 2.74.